The standard InChI is InChI=1S/C18H25N3O2/c1-4-19-17(21-10-18(3)11-22-12-18)20-9-16-13(2)14-7-5-6-8-15(14)23-16/h5-8H,4,9-12H2,1-3H3,(H2,19,20,21). The predicted molar refractivity (Wildman–Crippen MR) is 92.7 cm³/mol. The number of nitrogens with zero attached hydrogens (tertiary/aromatic N) is 1. The van der Waals surface area contributed by atoms with Crippen molar-refractivity contribution in [3.63, 3.8) is 0 Å². The van der Waals surface area contributed by atoms with Crippen LogP contribution in [0, 0.1) is 12.3 Å². The number of nitrogens with one attached hydrogen (secondary N) is 2. The molecular formula is C18H25N3O2. The molecule has 0 spiro atoms. The second-order valence-corrected chi connectivity index (χ2v) is 6.50. The van der Waals surface area contributed by atoms with Crippen molar-refractivity contribution in [3.05, 3.63) is 35.6 Å². The summed E-state index contributed by atoms with van der Waals surface area (Å²) in [6.07, 6.45) is 0. The van der Waals surface area contributed by atoms with E-state index in [1.54, 1.807) is 0 Å². The molecule has 1 fully saturated rings. The Hall–Kier alpha value is -2.01. The minimum absolute atomic E-state index is 0.214. The first-order valence-electron chi connectivity index (χ1n) is 8.18. The van der Waals surface area contributed by atoms with Crippen LogP contribution in [-0.2, 0) is 11.3 Å². The summed E-state index contributed by atoms with van der Waals surface area (Å²) in [6, 6.07) is 8.11. The van der Waals surface area contributed by atoms with Crippen molar-refractivity contribution < 1.29 is 9.15 Å². The summed E-state index contributed by atoms with van der Waals surface area (Å²) in [6.45, 7) is 10.2. The number of benzene rings is 1. The van der Waals surface area contributed by atoms with E-state index in [2.05, 4.69) is 42.5 Å². The monoisotopic (exact) mass is 315 g/mol. The highest BCUT2D eigenvalue weighted by molar-refractivity contribution is 5.82. The molecule has 5 nitrogen and oxygen atoms in total. The molecule has 23 heavy (non-hydrogen) atoms. The van der Waals surface area contributed by atoms with E-state index in [1.165, 1.54) is 5.56 Å². The number of hydrogen-bond acceptors (Lipinski definition) is 3. The Morgan fingerprint density at radius 1 is 1.26 bits per heavy atom. The zero-order valence-electron chi connectivity index (χ0n) is 14.1. The lowest BCUT2D eigenvalue weighted by Crippen LogP contribution is -2.51. The molecule has 0 aliphatic carbocycles. The van der Waals surface area contributed by atoms with Crippen LogP contribution >= 0.6 is 0 Å². The van der Waals surface area contributed by atoms with Gasteiger partial charge in [0.2, 0.25) is 0 Å². The molecule has 0 amide bonds. The average molecular weight is 315 g/mol. The van der Waals surface area contributed by atoms with Crippen molar-refractivity contribution in [3.8, 4) is 0 Å². The molecule has 0 unspecified atom stereocenters. The van der Waals surface area contributed by atoms with Crippen LogP contribution in [0.15, 0.2) is 33.7 Å². The quantitative estimate of drug-likeness (QED) is 0.658. The molecule has 1 saturated heterocycles. The van der Waals surface area contributed by atoms with Crippen LogP contribution in [0.5, 0.6) is 0 Å². The van der Waals surface area contributed by atoms with Crippen LogP contribution in [-0.4, -0.2) is 32.3 Å². The molecule has 0 atom stereocenters. The second-order valence-electron chi connectivity index (χ2n) is 6.50. The van der Waals surface area contributed by atoms with Crippen molar-refractivity contribution in [1.29, 1.82) is 0 Å². The Morgan fingerprint density at radius 2 is 2.04 bits per heavy atom. The van der Waals surface area contributed by atoms with Crippen molar-refractivity contribution in [2.45, 2.75) is 27.3 Å². The number of guanidine groups is 1. The van der Waals surface area contributed by atoms with Gasteiger partial charge in [-0.05, 0) is 19.9 Å². The fourth-order valence-corrected chi connectivity index (χ4v) is 2.72. The first-order valence-corrected chi connectivity index (χ1v) is 8.18. The van der Waals surface area contributed by atoms with Crippen molar-refractivity contribution in [2.24, 2.45) is 10.4 Å². The molecule has 0 bridgehead atoms. The average Bonchev–Trinajstić information content (AvgIpc) is 2.85. The molecule has 1 aromatic carbocycles. The van der Waals surface area contributed by atoms with Gasteiger partial charge >= 0.3 is 0 Å². The summed E-state index contributed by atoms with van der Waals surface area (Å²) in [4.78, 5) is 4.66. The van der Waals surface area contributed by atoms with Crippen LogP contribution in [0.4, 0.5) is 0 Å². The summed E-state index contributed by atoms with van der Waals surface area (Å²) < 4.78 is 11.2. The van der Waals surface area contributed by atoms with Gasteiger partial charge in [-0.15, -0.1) is 0 Å². The molecule has 5 heteroatoms. The van der Waals surface area contributed by atoms with E-state index in [0.717, 1.165) is 49.0 Å². The molecule has 2 N–H and O–H groups in total. The van der Waals surface area contributed by atoms with Crippen LogP contribution < -0.4 is 10.6 Å². The van der Waals surface area contributed by atoms with Gasteiger partial charge in [0.25, 0.3) is 0 Å². The topological polar surface area (TPSA) is 58.8 Å². The number of furan rings is 1. The summed E-state index contributed by atoms with van der Waals surface area (Å²) in [5.41, 5.74) is 2.30. The molecule has 3 rings (SSSR count). The highest BCUT2D eigenvalue weighted by atomic mass is 16.5. The van der Waals surface area contributed by atoms with E-state index in [-0.39, 0.29) is 5.41 Å². The van der Waals surface area contributed by atoms with Gasteiger partial charge in [-0.2, -0.15) is 0 Å². The molecule has 1 aliphatic heterocycles. The van der Waals surface area contributed by atoms with E-state index < -0.39 is 0 Å². The molecular weight excluding hydrogens is 290 g/mol. The lowest BCUT2D eigenvalue weighted by Gasteiger charge is -2.38. The second kappa shape index (κ2) is 6.62. The summed E-state index contributed by atoms with van der Waals surface area (Å²) in [5, 5.41) is 7.85. The number of ether oxygens (including phenoxy) is 1. The van der Waals surface area contributed by atoms with Crippen LogP contribution in [0.1, 0.15) is 25.2 Å². The molecule has 124 valence electrons. The third-order valence-corrected chi connectivity index (χ3v) is 4.25. The minimum atomic E-state index is 0.214. The summed E-state index contributed by atoms with van der Waals surface area (Å²) in [5.74, 6) is 1.74. The fourth-order valence-electron chi connectivity index (χ4n) is 2.72. The minimum Gasteiger partial charge on any atom is -0.459 e. The van der Waals surface area contributed by atoms with Gasteiger partial charge in [0.15, 0.2) is 5.96 Å². The maximum atomic E-state index is 5.92. The lowest BCUT2D eigenvalue weighted by molar-refractivity contribution is -0.0971. The van der Waals surface area contributed by atoms with Crippen molar-refractivity contribution in [2.75, 3.05) is 26.3 Å². The molecule has 1 aromatic heterocycles. The number of rotatable bonds is 5. The van der Waals surface area contributed by atoms with E-state index in [0.29, 0.717) is 6.54 Å². The van der Waals surface area contributed by atoms with Gasteiger partial charge in [-0.3, -0.25) is 0 Å². The Kier molecular flexibility index (Phi) is 4.57. The molecule has 1 aliphatic rings. The maximum Gasteiger partial charge on any atom is 0.191 e. The first kappa shape index (κ1) is 15.9. The molecule has 0 radical (unpaired) electrons. The van der Waals surface area contributed by atoms with Crippen molar-refractivity contribution >= 4 is 16.9 Å². The third-order valence-electron chi connectivity index (χ3n) is 4.25. The first-order chi connectivity index (χ1) is 11.1. The Balaban J connectivity index is 1.69. The van der Waals surface area contributed by atoms with E-state index in [1.807, 2.05) is 18.2 Å². The number of para-hydroxylation sites is 1. The normalized spacial score (nSPS) is 17.1. The maximum absolute atomic E-state index is 5.92. The van der Waals surface area contributed by atoms with Gasteiger partial charge in [-0.1, -0.05) is 25.1 Å². The van der Waals surface area contributed by atoms with E-state index in [4.69, 9.17) is 9.15 Å². The van der Waals surface area contributed by atoms with Crippen LogP contribution in [0.2, 0.25) is 0 Å². The molecule has 2 aromatic rings. The smallest absolute Gasteiger partial charge is 0.191 e. The van der Waals surface area contributed by atoms with Gasteiger partial charge in [0.05, 0.1) is 13.2 Å². The predicted octanol–water partition coefficient (Wildman–Crippen LogP) is 2.83. The summed E-state index contributed by atoms with van der Waals surface area (Å²) >= 11 is 0. The SMILES string of the molecule is CCNC(=NCc1oc2ccccc2c1C)NCC1(C)COC1. The van der Waals surface area contributed by atoms with Crippen LogP contribution in [0.25, 0.3) is 11.0 Å². The third kappa shape index (κ3) is 3.50. The Morgan fingerprint density at radius 3 is 2.70 bits per heavy atom. The Bertz CT molecular complexity index is 701. The Labute approximate surface area is 137 Å². The summed E-state index contributed by atoms with van der Waals surface area (Å²) in [7, 11) is 0. The van der Waals surface area contributed by atoms with Crippen LogP contribution in [0.3, 0.4) is 0 Å². The number of aryl methyl sites for hydroxylation is 1. The number of hydrogen-bond donors (Lipinski definition) is 2. The van der Waals surface area contributed by atoms with E-state index >= 15 is 0 Å². The molecule has 0 saturated carbocycles. The lowest BCUT2D eigenvalue weighted by atomic mass is 9.89. The number of fused-ring (bicyclic) bond motifs is 1. The number of aliphatic imine (C=N–C) groups is 1. The van der Waals surface area contributed by atoms with Gasteiger partial charge in [0, 0.05) is 29.5 Å². The van der Waals surface area contributed by atoms with Crippen molar-refractivity contribution in [1.82, 2.24) is 10.6 Å². The van der Waals surface area contributed by atoms with E-state index in [9.17, 15) is 0 Å². The largest absolute Gasteiger partial charge is 0.459 e. The van der Waals surface area contributed by atoms with Gasteiger partial charge in [-0.25, -0.2) is 4.99 Å². The fraction of sp³-hybridized carbons (Fsp3) is 0.500. The molecule has 2 heterocycles. The zero-order chi connectivity index (χ0) is 16.3. The highest BCUT2D eigenvalue weighted by Gasteiger charge is 2.33. The van der Waals surface area contributed by atoms with Gasteiger partial charge < -0.3 is 19.8 Å². The zero-order valence-corrected chi connectivity index (χ0v) is 14.1. The highest BCUT2D eigenvalue weighted by Crippen LogP contribution is 2.26. The van der Waals surface area contributed by atoms with Gasteiger partial charge in [0.1, 0.15) is 17.9 Å².